The molecule has 1 fully saturated rings. The Labute approximate surface area is 169 Å². The molecule has 1 N–H and O–H groups in total. The summed E-state index contributed by atoms with van der Waals surface area (Å²) in [5.41, 5.74) is 3.88. The number of aryl methyl sites for hydroxylation is 1. The second-order valence-electron chi connectivity index (χ2n) is 8.51. The molecule has 3 atom stereocenters. The molecule has 28 heavy (non-hydrogen) atoms. The minimum absolute atomic E-state index is 0.00735. The fourth-order valence-corrected chi connectivity index (χ4v) is 4.34. The van der Waals surface area contributed by atoms with Gasteiger partial charge in [-0.3, -0.25) is 0 Å². The van der Waals surface area contributed by atoms with Crippen LogP contribution in [0.5, 0.6) is 0 Å². The van der Waals surface area contributed by atoms with E-state index in [2.05, 4.69) is 50.4 Å². The van der Waals surface area contributed by atoms with Crippen LogP contribution in [-0.4, -0.2) is 18.8 Å². The van der Waals surface area contributed by atoms with Crippen molar-refractivity contribution >= 4 is 0 Å². The molecule has 3 heteroatoms. The summed E-state index contributed by atoms with van der Waals surface area (Å²) in [6.45, 7) is 9.23. The van der Waals surface area contributed by atoms with E-state index in [1.165, 1.54) is 23.3 Å². The number of halogens is 1. The molecule has 1 aliphatic heterocycles. The number of nitrogens with one attached hydrogen (secondary N) is 1. The standard InChI is InChI=1S/C25H34FNO/c1-4-25(3)17-22(14-16-28-25)24(21-9-5-19(2)6-10-21)13-15-27-18-20-7-11-23(26)12-8-20/h5-12,22,24,27H,4,13-18H2,1-3H3/t22-,24-,25+/m1/s1. The third kappa shape index (κ3) is 5.65. The Kier molecular flexibility index (Phi) is 7.25. The fourth-order valence-electron chi connectivity index (χ4n) is 4.34. The molecule has 1 heterocycles. The second-order valence-corrected chi connectivity index (χ2v) is 8.51. The summed E-state index contributed by atoms with van der Waals surface area (Å²) in [7, 11) is 0. The number of rotatable bonds is 8. The smallest absolute Gasteiger partial charge is 0.123 e. The highest BCUT2D eigenvalue weighted by molar-refractivity contribution is 5.25. The van der Waals surface area contributed by atoms with Gasteiger partial charge in [-0.1, -0.05) is 48.9 Å². The average Bonchev–Trinajstić information content (AvgIpc) is 2.70. The van der Waals surface area contributed by atoms with Crippen LogP contribution in [0.25, 0.3) is 0 Å². The van der Waals surface area contributed by atoms with Gasteiger partial charge in [-0.25, -0.2) is 4.39 Å². The van der Waals surface area contributed by atoms with E-state index in [0.717, 1.165) is 50.9 Å². The predicted octanol–water partition coefficient (Wildman–Crippen LogP) is 5.99. The predicted molar refractivity (Wildman–Crippen MR) is 114 cm³/mol. The molecular formula is C25H34FNO. The van der Waals surface area contributed by atoms with Crippen molar-refractivity contribution in [2.45, 2.75) is 64.5 Å². The van der Waals surface area contributed by atoms with Crippen molar-refractivity contribution in [1.29, 1.82) is 0 Å². The quantitative estimate of drug-likeness (QED) is 0.565. The van der Waals surface area contributed by atoms with Crippen molar-refractivity contribution < 1.29 is 9.13 Å². The number of benzene rings is 2. The third-order valence-electron chi connectivity index (χ3n) is 6.33. The van der Waals surface area contributed by atoms with E-state index in [4.69, 9.17) is 4.74 Å². The normalized spacial score (nSPS) is 23.5. The molecule has 0 amide bonds. The molecule has 0 radical (unpaired) electrons. The maximum atomic E-state index is 13.1. The number of ether oxygens (including phenoxy) is 1. The van der Waals surface area contributed by atoms with Gasteiger partial charge in [-0.2, -0.15) is 0 Å². The molecule has 0 unspecified atom stereocenters. The van der Waals surface area contributed by atoms with E-state index in [9.17, 15) is 4.39 Å². The summed E-state index contributed by atoms with van der Waals surface area (Å²) < 4.78 is 19.2. The van der Waals surface area contributed by atoms with Crippen molar-refractivity contribution in [3.63, 3.8) is 0 Å². The first-order valence-corrected chi connectivity index (χ1v) is 10.6. The lowest BCUT2D eigenvalue weighted by atomic mass is 9.74. The van der Waals surface area contributed by atoms with Crippen molar-refractivity contribution in [2.75, 3.05) is 13.2 Å². The van der Waals surface area contributed by atoms with Gasteiger partial charge in [0.25, 0.3) is 0 Å². The van der Waals surface area contributed by atoms with Crippen molar-refractivity contribution in [3.05, 3.63) is 71.0 Å². The van der Waals surface area contributed by atoms with E-state index in [1.54, 1.807) is 0 Å². The Bertz CT molecular complexity index is 727. The Morgan fingerprint density at radius 2 is 1.86 bits per heavy atom. The maximum Gasteiger partial charge on any atom is 0.123 e. The highest BCUT2D eigenvalue weighted by Crippen LogP contribution is 2.41. The van der Waals surface area contributed by atoms with E-state index in [1.807, 2.05) is 12.1 Å². The first-order chi connectivity index (χ1) is 13.5. The van der Waals surface area contributed by atoms with Crippen molar-refractivity contribution in [2.24, 2.45) is 5.92 Å². The monoisotopic (exact) mass is 383 g/mol. The summed E-state index contributed by atoms with van der Waals surface area (Å²) in [6, 6.07) is 15.8. The molecule has 0 saturated carbocycles. The van der Waals surface area contributed by atoms with E-state index >= 15 is 0 Å². The third-order valence-corrected chi connectivity index (χ3v) is 6.33. The molecule has 1 saturated heterocycles. The van der Waals surface area contributed by atoms with E-state index in [0.29, 0.717) is 11.8 Å². The Morgan fingerprint density at radius 1 is 1.14 bits per heavy atom. The lowest BCUT2D eigenvalue weighted by Crippen LogP contribution is -2.38. The maximum absolute atomic E-state index is 13.1. The lowest BCUT2D eigenvalue weighted by molar-refractivity contribution is -0.0915. The van der Waals surface area contributed by atoms with Gasteiger partial charge < -0.3 is 10.1 Å². The highest BCUT2D eigenvalue weighted by Gasteiger charge is 2.35. The Morgan fingerprint density at radius 3 is 2.54 bits per heavy atom. The van der Waals surface area contributed by atoms with Gasteiger partial charge >= 0.3 is 0 Å². The molecule has 2 aromatic carbocycles. The summed E-state index contributed by atoms with van der Waals surface area (Å²) >= 11 is 0. The zero-order valence-corrected chi connectivity index (χ0v) is 17.5. The van der Waals surface area contributed by atoms with Crippen LogP contribution in [0, 0.1) is 18.7 Å². The Balaban J connectivity index is 1.64. The largest absolute Gasteiger partial charge is 0.375 e. The summed E-state index contributed by atoms with van der Waals surface area (Å²) in [5.74, 6) is 1.01. The Hall–Kier alpha value is -1.71. The van der Waals surface area contributed by atoms with Crippen molar-refractivity contribution in [1.82, 2.24) is 5.32 Å². The minimum atomic E-state index is -0.179. The zero-order valence-electron chi connectivity index (χ0n) is 17.5. The van der Waals surface area contributed by atoms with E-state index < -0.39 is 0 Å². The van der Waals surface area contributed by atoms with Crippen LogP contribution in [0.1, 0.15) is 62.1 Å². The van der Waals surface area contributed by atoms with Crippen LogP contribution in [0.15, 0.2) is 48.5 Å². The fraction of sp³-hybridized carbons (Fsp3) is 0.520. The van der Waals surface area contributed by atoms with E-state index in [-0.39, 0.29) is 11.4 Å². The first kappa shape index (κ1) is 21.0. The van der Waals surface area contributed by atoms with Gasteiger partial charge in [-0.05, 0) is 81.2 Å². The minimum Gasteiger partial charge on any atom is -0.375 e. The van der Waals surface area contributed by atoms with Crippen LogP contribution >= 0.6 is 0 Å². The molecule has 0 bridgehead atoms. The number of hydrogen-bond acceptors (Lipinski definition) is 2. The lowest BCUT2D eigenvalue weighted by Gasteiger charge is -2.41. The van der Waals surface area contributed by atoms with Crippen LogP contribution in [0.3, 0.4) is 0 Å². The molecule has 1 aliphatic rings. The SMILES string of the molecule is CC[C@@]1(C)C[C@H]([C@H](CCNCc2ccc(F)cc2)c2ccc(C)cc2)CCO1. The molecule has 152 valence electrons. The van der Waals surface area contributed by atoms with Crippen LogP contribution in [-0.2, 0) is 11.3 Å². The molecule has 0 aliphatic carbocycles. The molecule has 3 rings (SSSR count). The molecule has 2 aromatic rings. The van der Waals surface area contributed by atoms with Crippen LogP contribution in [0.4, 0.5) is 4.39 Å². The molecule has 0 spiro atoms. The molecular weight excluding hydrogens is 349 g/mol. The number of hydrogen-bond donors (Lipinski definition) is 1. The van der Waals surface area contributed by atoms with Gasteiger partial charge in [0.05, 0.1) is 5.60 Å². The topological polar surface area (TPSA) is 21.3 Å². The van der Waals surface area contributed by atoms with Gasteiger partial charge in [0, 0.05) is 13.2 Å². The van der Waals surface area contributed by atoms with Gasteiger partial charge in [0.15, 0.2) is 0 Å². The van der Waals surface area contributed by atoms with Gasteiger partial charge in [0.1, 0.15) is 5.82 Å². The van der Waals surface area contributed by atoms with Gasteiger partial charge in [0.2, 0.25) is 0 Å². The van der Waals surface area contributed by atoms with Crippen LogP contribution < -0.4 is 5.32 Å². The van der Waals surface area contributed by atoms with Crippen molar-refractivity contribution in [3.8, 4) is 0 Å². The van der Waals surface area contributed by atoms with Gasteiger partial charge in [-0.15, -0.1) is 0 Å². The average molecular weight is 384 g/mol. The molecule has 0 aromatic heterocycles. The first-order valence-electron chi connectivity index (χ1n) is 10.6. The second kappa shape index (κ2) is 9.67. The summed E-state index contributed by atoms with van der Waals surface area (Å²) in [6.07, 6.45) is 4.42. The summed E-state index contributed by atoms with van der Waals surface area (Å²) in [4.78, 5) is 0. The summed E-state index contributed by atoms with van der Waals surface area (Å²) in [5, 5.41) is 3.55. The molecule has 2 nitrogen and oxygen atoms in total. The highest BCUT2D eigenvalue weighted by atomic mass is 19.1. The van der Waals surface area contributed by atoms with Crippen LogP contribution in [0.2, 0.25) is 0 Å². The zero-order chi connectivity index (χ0) is 20.0.